The molecule has 1 rings (SSSR count). The van der Waals surface area contributed by atoms with E-state index in [1.807, 2.05) is 0 Å². The molecule has 0 N–H and O–H groups in total. The highest BCUT2D eigenvalue weighted by Crippen LogP contribution is 2.05. The van der Waals surface area contributed by atoms with E-state index in [0.717, 1.165) is 4.47 Å². The Kier molecular flexibility index (Phi) is 2.50. The third-order valence-corrected chi connectivity index (χ3v) is 1.99. The maximum atomic E-state index is 10.7. The fourth-order valence-electron chi connectivity index (χ4n) is 0.449. The molecular weight excluding hydrogens is 216 g/mol. The average Bonchev–Trinajstić information content (AvgIpc) is 1.88. The van der Waals surface area contributed by atoms with Gasteiger partial charge in [0.05, 0.1) is 15.3 Å². The van der Waals surface area contributed by atoms with Gasteiger partial charge in [-0.05, 0) is 15.9 Å². The normalized spacial score (nSPS) is 13.0. The van der Waals surface area contributed by atoms with Crippen molar-refractivity contribution >= 4 is 26.7 Å². The molecule has 0 radical (unpaired) electrons. The highest BCUT2D eigenvalue weighted by molar-refractivity contribution is 9.10. The number of nitrogens with zero attached hydrogens (tertiary/aromatic N) is 2. The van der Waals surface area contributed by atoms with Crippen LogP contribution in [0.2, 0.25) is 0 Å². The molecule has 0 fully saturated rings. The lowest BCUT2D eigenvalue weighted by molar-refractivity contribution is 0.679. The lowest BCUT2D eigenvalue weighted by Gasteiger charge is -1.91. The number of rotatable bonds is 1. The first-order valence-electron chi connectivity index (χ1n) is 2.51. The molecule has 5 heteroatoms. The van der Waals surface area contributed by atoms with E-state index < -0.39 is 10.8 Å². The Hall–Kier alpha value is -0.290. The first kappa shape index (κ1) is 7.81. The Morgan fingerprint density at radius 3 is 2.40 bits per heavy atom. The van der Waals surface area contributed by atoms with Crippen molar-refractivity contribution in [3.05, 3.63) is 16.9 Å². The maximum absolute atomic E-state index is 10.7. The van der Waals surface area contributed by atoms with E-state index in [-0.39, 0.29) is 0 Å². The molecule has 1 atom stereocenters. The predicted octanol–water partition coefficient (Wildman–Crippen LogP) is 0.977. The van der Waals surface area contributed by atoms with Gasteiger partial charge in [0.2, 0.25) is 5.16 Å². The molecule has 0 spiro atoms. The van der Waals surface area contributed by atoms with Gasteiger partial charge in [-0.1, -0.05) is 0 Å². The van der Waals surface area contributed by atoms with Gasteiger partial charge in [-0.25, -0.2) is 9.97 Å². The van der Waals surface area contributed by atoms with Gasteiger partial charge in [-0.2, -0.15) is 0 Å². The fraction of sp³-hybridized carbons (Fsp3) is 0.200. The van der Waals surface area contributed by atoms with Crippen molar-refractivity contribution in [2.45, 2.75) is 5.16 Å². The zero-order valence-electron chi connectivity index (χ0n) is 5.24. The first-order chi connectivity index (χ1) is 4.70. The Balaban J connectivity index is 3.00. The molecular formula is C5H5BrN2OS. The summed E-state index contributed by atoms with van der Waals surface area (Å²) in [7, 11) is -1.08. The summed E-state index contributed by atoms with van der Waals surface area (Å²) in [6, 6.07) is 0. The van der Waals surface area contributed by atoms with Crippen LogP contribution in [0.4, 0.5) is 0 Å². The SMILES string of the molecule is CS(=O)c1ncc(Br)cn1. The second kappa shape index (κ2) is 3.21. The van der Waals surface area contributed by atoms with Crippen molar-refractivity contribution < 1.29 is 4.21 Å². The van der Waals surface area contributed by atoms with E-state index in [1.165, 1.54) is 0 Å². The van der Waals surface area contributed by atoms with Crippen LogP contribution in [0.5, 0.6) is 0 Å². The molecule has 1 heterocycles. The Morgan fingerprint density at radius 1 is 1.50 bits per heavy atom. The van der Waals surface area contributed by atoms with Crippen LogP contribution in [-0.4, -0.2) is 20.4 Å². The smallest absolute Gasteiger partial charge is 0.218 e. The molecule has 1 aromatic heterocycles. The van der Waals surface area contributed by atoms with Crippen LogP contribution >= 0.6 is 15.9 Å². The van der Waals surface area contributed by atoms with Crippen LogP contribution in [0.15, 0.2) is 22.0 Å². The van der Waals surface area contributed by atoms with Gasteiger partial charge in [-0.15, -0.1) is 0 Å². The average molecular weight is 221 g/mol. The summed E-state index contributed by atoms with van der Waals surface area (Å²) in [6.07, 6.45) is 4.69. The van der Waals surface area contributed by atoms with Crippen LogP contribution in [0.1, 0.15) is 0 Å². The van der Waals surface area contributed by atoms with Crippen molar-refractivity contribution in [2.75, 3.05) is 6.26 Å². The first-order valence-corrected chi connectivity index (χ1v) is 4.86. The molecule has 10 heavy (non-hydrogen) atoms. The summed E-state index contributed by atoms with van der Waals surface area (Å²) in [5.74, 6) is 0. The minimum absolute atomic E-state index is 0.364. The fourth-order valence-corrected chi connectivity index (χ4v) is 1.06. The van der Waals surface area contributed by atoms with Gasteiger partial charge < -0.3 is 0 Å². The van der Waals surface area contributed by atoms with Gasteiger partial charge >= 0.3 is 0 Å². The summed E-state index contributed by atoms with van der Waals surface area (Å²) in [4.78, 5) is 7.64. The summed E-state index contributed by atoms with van der Waals surface area (Å²) < 4.78 is 11.5. The quantitative estimate of drug-likeness (QED) is 0.664. The minimum atomic E-state index is -1.08. The molecule has 0 aliphatic carbocycles. The zero-order valence-corrected chi connectivity index (χ0v) is 7.65. The van der Waals surface area contributed by atoms with Crippen LogP contribution in [0.25, 0.3) is 0 Å². The molecule has 0 amide bonds. The van der Waals surface area contributed by atoms with Crippen molar-refractivity contribution in [2.24, 2.45) is 0 Å². The van der Waals surface area contributed by atoms with E-state index >= 15 is 0 Å². The molecule has 0 aliphatic heterocycles. The Bertz CT molecular complexity index is 248. The van der Waals surface area contributed by atoms with Crippen LogP contribution in [-0.2, 0) is 10.8 Å². The van der Waals surface area contributed by atoms with Gasteiger partial charge in [0.25, 0.3) is 0 Å². The predicted molar refractivity (Wildman–Crippen MR) is 42.1 cm³/mol. The monoisotopic (exact) mass is 220 g/mol. The third-order valence-electron chi connectivity index (χ3n) is 0.854. The highest BCUT2D eigenvalue weighted by Gasteiger charge is 1.97. The third kappa shape index (κ3) is 1.85. The number of hydrogen-bond acceptors (Lipinski definition) is 3. The summed E-state index contributed by atoms with van der Waals surface area (Å²) >= 11 is 3.17. The van der Waals surface area contributed by atoms with Crippen molar-refractivity contribution in [1.29, 1.82) is 0 Å². The standard InChI is InChI=1S/C5H5BrN2OS/c1-10(9)5-7-2-4(6)3-8-5/h2-3H,1H3. The molecule has 0 saturated carbocycles. The molecule has 3 nitrogen and oxygen atoms in total. The topological polar surface area (TPSA) is 42.9 Å². The molecule has 0 aliphatic rings. The Labute approximate surface area is 69.5 Å². The minimum Gasteiger partial charge on any atom is -0.251 e. The van der Waals surface area contributed by atoms with E-state index in [0.29, 0.717) is 5.16 Å². The maximum Gasteiger partial charge on any atom is 0.218 e. The Morgan fingerprint density at radius 2 is 2.00 bits per heavy atom. The zero-order chi connectivity index (χ0) is 7.56. The summed E-state index contributed by atoms with van der Waals surface area (Å²) in [6.45, 7) is 0. The molecule has 0 saturated heterocycles. The number of hydrogen-bond donors (Lipinski definition) is 0. The van der Waals surface area contributed by atoms with Crippen LogP contribution in [0, 0.1) is 0 Å². The second-order valence-electron chi connectivity index (χ2n) is 1.64. The molecule has 0 bridgehead atoms. The van der Waals surface area contributed by atoms with Crippen LogP contribution < -0.4 is 0 Å². The van der Waals surface area contributed by atoms with Gasteiger partial charge in [0, 0.05) is 18.6 Å². The van der Waals surface area contributed by atoms with Gasteiger partial charge in [-0.3, -0.25) is 4.21 Å². The molecule has 1 unspecified atom stereocenters. The van der Waals surface area contributed by atoms with E-state index in [1.54, 1.807) is 18.6 Å². The van der Waals surface area contributed by atoms with E-state index in [4.69, 9.17) is 0 Å². The largest absolute Gasteiger partial charge is 0.251 e. The van der Waals surface area contributed by atoms with Crippen molar-refractivity contribution in [3.63, 3.8) is 0 Å². The molecule has 1 aromatic rings. The molecule has 0 aromatic carbocycles. The van der Waals surface area contributed by atoms with Gasteiger partial charge in [0.15, 0.2) is 0 Å². The van der Waals surface area contributed by atoms with Crippen LogP contribution in [0.3, 0.4) is 0 Å². The van der Waals surface area contributed by atoms with Gasteiger partial charge in [0.1, 0.15) is 0 Å². The number of aromatic nitrogens is 2. The van der Waals surface area contributed by atoms with Crippen molar-refractivity contribution in [1.82, 2.24) is 9.97 Å². The number of halogens is 1. The highest BCUT2D eigenvalue weighted by atomic mass is 79.9. The summed E-state index contributed by atoms with van der Waals surface area (Å²) in [5.41, 5.74) is 0. The molecule has 54 valence electrons. The van der Waals surface area contributed by atoms with Crippen molar-refractivity contribution in [3.8, 4) is 0 Å². The second-order valence-corrected chi connectivity index (χ2v) is 3.83. The van der Waals surface area contributed by atoms with E-state index in [9.17, 15) is 4.21 Å². The summed E-state index contributed by atoms with van der Waals surface area (Å²) in [5, 5.41) is 0.364. The lowest BCUT2D eigenvalue weighted by Crippen LogP contribution is -1.94. The van der Waals surface area contributed by atoms with E-state index in [2.05, 4.69) is 25.9 Å². The lowest BCUT2D eigenvalue weighted by atomic mass is 10.7.